The molecule has 0 saturated heterocycles. The minimum Gasteiger partial charge on any atom is -0.493 e. The normalized spacial score (nSPS) is 10.8. The highest BCUT2D eigenvalue weighted by Crippen LogP contribution is 2.33. The summed E-state index contributed by atoms with van der Waals surface area (Å²) >= 11 is 0. The molecule has 0 heterocycles. The smallest absolute Gasteiger partial charge is 0.416 e. The van der Waals surface area contributed by atoms with E-state index in [1.54, 1.807) is 6.92 Å². The number of benzene rings is 1. The second kappa shape index (κ2) is 7.08. The molecule has 1 rings (SSSR count). The van der Waals surface area contributed by atoms with Crippen molar-refractivity contribution in [3.63, 3.8) is 0 Å². The number of ether oxygens (including phenoxy) is 1. The summed E-state index contributed by atoms with van der Waals surface area (Å²) in [5.41, 5.74) is -0.0816. The monoisotopic (exact) mass is 270 g/mol. The van der Waals surface area contributed by atoms with Crippen LogP contribution in [0.4, 0.5) is 13.2 Å². The van der Waals surface area contributed by atoms with E-state index in [-0.39, 0.29) is 0 Å². The summed E-state index contributed by atoms with van der Waals surface area (Å²) in [6.45, 7) is 4.16. The number of hydrogen-bond donors (Lipinski definition) is 0. The van der Waals surface area contributed by atoms with Crippen LogP contribution in [-0.4, -0.2) is 6.61 Å². The van der Waals surface area contributed by atoms with Crippen molar-refractivity contribution < 1.29 is 17.9 Å². The van der Waals surface area contributed by atoms with Crippen LogP contribution >= 0.6 is 0 Å². The van der Waals surface area contributed by atoms with Gasteiger partial charge in [0.2, 0.25) is 0 Å². The van der Waals surface area contributed by atoms with E-state index in [2.05, 4.69) is 11.8 Å². The molecular formula is C15H17F3O. The van der Waals surface area contributed by atoms with E-state index in [1.165, 1.54) is 6.07 Å². The summed E-state index contributed by atoms with van der Waals surface area (Å²) in [5, 5.41) is 0. The molecule has 0 fully saturated rings. The zero-order chi connectivity index (χ0) is 14.3. The summed E-state index contributed by atoms with van der Waals surface area (Å²) in [4.78, 5) is 0. The lowest BCUT2D eigenvalue weighted by molar-refractivity contribution is -0.137. The Labute approximate surface area is 111 Å². The molecule has 0 unspecified atom stereocenters. The molecule has 0 aliphatic carbocycles. The van der Waals surface area contributed by atoms with Crippen LogP contribution < -0.4 is 4.74 Å². The van der Waals surface area contributed by atoms with Crippen molar-refractivity contribution in [2.75, 3.05) is 6.61 Å². The second-order valence-corrected chi connectivity index (χ2v) is 4.10. The van der Waals surface area contributed by atoms with Crippen molar-refractivity contribution in [3.05, 3.63) is 29.3 Å². The van der Waals surface area contributed by atoms with Crippen LogP contribution in [0.5, 0.6) is 5.75 Å². The molecular weight excluding hydrogens is 253 g/mol. The highest BCUT2D eigenvalue weighted by atomic mass is 19.4. The maximum atomic E-state index is 12.7. The van der Waals surface area contributed by atoms with Crippen LogP contribution in [0, 0.1) is 11.8 Å². The quantitative estimate of drug-likeness (QED) is 0.718. The van der Waals surface area contributed by atoms with E-state index in [0.717, 1.165) is 18.6 Å². The highest BCUT2D eigenvalue weighted by molar-refractivity contribution is 5.39. The minimum atomic E-state index is -4.32. The van der Waals surface area contributed by atoms with Gasteiger partial charge >= 0.3 is 6.18 Å². The Morgan fingerprint density at radius 3 is 2.58 bits per heavy atom. The topological polar surface area (TPSA) is 9.23 Å². The second-order valence-electron chi connectivity index (χ2n) is 4.10. The Hall–Kier alpha value is -1.63. The van der Waals surface area contributed by atoms with Crippen LogP contribution in [0.15, 0.2) is 18.2 Å². The van der Waals surface area contributed by atoms with Crippen molar-refractivity contribution >= 4 is 0 Å². The molecule has 0 spiro atoms. The molecule has 1 aromatic rings. The summed E-state index contributed by atoms with van der Waals surface area (Å²) in [5.74, 6) is 6.10. The Kier molecular flexibility index (Phi) is 5.75. The lowest BCUT2D eigenvalue weighted by Gasteiger charge is -2.13. The Morgan fingerprint density at radius 1 is 1.26 bits per heavy atom. The fraction of sp³-hybridized carbons (Fsp3) is 0.467. The van der Waals surface area contributed by atoms with E-state index >= 15 is 0 Å². The van der Waals surface area contributed by atoms with Gasteiger partial charge in [0.1, 0.15) is 5.75 Å². The standard InChI is InChI=1S/C15H17F3O/c1-3-5-6-7-12-11-13(15(16,17)18)8-9-14(12)19-10-4-2/h8-9,11H,4,6-7,10H2,1-2H3. The Morgan fingerprint density at radius 2 is 2.00 bits per heavy atom. The molecule has 0 aliphatic rings. The van der Waals surface area contributed by atoms with Crippen LogP contribution in [0.1, 0.15) is 37.8 Å². The lowest BCUT2D eigenvalue weighted by atomic mass is 10.0. The minimum absolute atomic E-state index is 0.462. The third kappa shape index (κ3) is 4.86. The molecule has 0 atom stereocenters. The van der Waals surface area contributed by atoms with Gasteiger partial charge in [-0.25, -0.2) is 0 Å². The summed E-state index contributed by atoms with van der Waals surface area (Å²) < 4.78 is 43.5. The van der Waals surface area contributed by atoms with Gasteiger partial charge in [-0.1, -0.05) is 6.92 Å². The van der Waals surface area contributed by atoms with E-state index in [9.17, 15) is 13.2 Å². The predicted molar refractivity (Wildman–Crippen MR) is 69.0 cm³/mol. The van der Waals surface area contributed by atoms with Crippen molar-refractivity contribution in [2.45, 2.75) is 39.3 Å². The number of hydrogen-bond acceptors (Lipinski definition) is 1. The summed E-state index contributed by atoms with van der Waals surface area (Å²) in [7, 11) is 0. The van der Waals surface area contributed by atoms with Gasteiger partial charge in [-0.3, -0.25) is 0 Å². The zero-order valence-corrected chi connectivity index (χ0v) is 11.1. The number of alkyl halides is 3. The first-order valence-electron chi connectivity index (χ1n) is 6.21. The Balaban J connectivity index is 2.98. The largest absolute Gasteiger partial charge is 0.493 e. The van der Waals surface area contributed by atoms with Crippen molar-refractivity contribution in [2.24, 2.45) is 0 Å². The predicted octanol–water partition coefficient (Wildman–Crippen LogP) is 4.45. The molecule has 0 saturated carbocycles. The molecule has 0 radical (unpaired) electrons. The lowest BCUT2D eigenvalue weighted by Crippen LogP contribution is -2.07. The van der Waals surface area contributed by atoms with Gasteiger partial charge in [-0.05, 0) is 43.5 Å². The van der Waals surface area contributed by atoms with Gasteiger partial charge in [0.25, 0.3) is 0 Å². The SMILES string of the molecule is CC#CCCc1cc(C(F)(F)F)ccc1OCCC. The van der Waals surface area contributed by atoms with Gasteiger partial charge < -0.3 is 4.74 Å². The maximum Gasteiger partial charge on any atom is 0.416 e. The number of halogens is 3. The molecule has 19 heavy (non-hydrogen) atoms. The van der Waals surface area contributed by atoms with E-state index in [4.69, 9.17) is 4.74 Å². The fourth-order valence-electron chi connectivity index (χ4n) is 1.63. The van der Waals surface area contributed by atoms with E-state index < -0.39 is 11.7 Å². The van der Waals surface area contributed by atoms with Crippen LogP contribution in [0.3, 0.4) is 0 Å². The summed E-state index contributed by atoms with van der Waals surface area (Å²) in [6, 6.07) is 3.61. The average Bonchev–Trinajstić information content (AvgIpc) is 2.36. The fourth-order valence-corrected chi connectivity index (χ4v) is 1.63. The molecule has 0 amide bonds. The van der Waals surface area contributed by atoms with E-state index in [0.29, 0.717) is 30.8 Å². The van der Waals surface area contributed by atoms with Gasteiger partial charge in [-0.15, -0.1) is 11.8 Å². The van der Waals surface area contributed by atoms with Crippen molar-refractivity contribution in [3.8, 4) is 17.6 Å². The number of rotatable bonds is 5. The molecule has 1 nitrogen and oxygen atoms in total. The number of aryl methyl sites for hydroxylation is 1. The highest BCUT2D eigenvalue weighted by Gasteiger charge is 2.31. The van der Waals surface area contributed by atoms with Crippen LogP contribution in [-0.2, 0) is 12.6 Å². The first kappa shape index (κ1) is 15.4. The van der Waals surface area contributed by atoms with Crippen molar-refractivity contribution in [1.82, 2.24) is 0 Å². The third-order valence-corrected chi connectivity index (χ3v) is 2.55. The Bertz CT molecular complexity index is 467. The zero-order valence-electron chi connectivity index (χ0n) is 11.1. The molecule has 1 aromatic carbocycles. The molecule has 0 N–H and O–H groups in total. The van der Waals surface area contributed by atoms with Crippen molar-refractivity contribution in [1.29, 1.82) is 0 Å². The molecule has 0 aromatic heterocycles. The van der Waals surface area contributed by atoms with Gasteiger partial charge in [0, 0.05) is 6.42 Å². The van der Waals surface area contributed by atoms with Gasteiger partial charge in [0.05, 0.1) is 12.2 Å². The van der Waals surface area contributed by atoms with Crippen LogP contribution in [0.2, 0.25) is 0 Å². The average molecular weight is 270 g/mol. The molecule has 4 heteroatoms. The van der Waals surface area contributed by atoms with Gasteiger partial charge in [0.15, 0.2) is 0 Å². The van der Waals surface area contributed by atoms with E-state index in [1.807, 2.05) is 6.92 Å². The first-order valence-corrected chi connectivity index (χ1v) is 6.21. The third-order valence-electron chi connectivity index (χ3n) is 2.55. The summed E-state index contributed by atoms with van der Waals surface area (Å²) in [6.07, 6.45) is -2.52. The van der Waals surface area contributed by atoms with Gasteiger partial charge in [-0.2, -0.15) is 13.2 Å². The first-order chi connectivity index (χ1) is 8.99. The van der Waals surface area contributed by atoms with Crippen LogP contribution in [0.25, 0.3) is 0 Å². The molecule has 0 aliphatic heterocycles. The molecule has 104 valence electrons. The molecule has 0 bridgehead atoms. The maximum absolute atomic E-state index is 12.7.